The molecule has 2 aromatic carbocycles. The number of para-hydroxylation sites is 2. The lowest BCUT2D eigenvalue weighted by molar-refractivity contribution is -0.118. The zero-order chi connectivity index (χ0) is 20.1. The molecule has 0 atom stereocenters. The molecule has 2 heterocycles. The van der Waals surface area contributed by atoms with E-state index in [4.69, 9.17) is 4.98 Å². The molecule has 0 aliphatic heterocycles. The van der Waals surface area contributed by atoms with E-state index in [1.807, 2.05) is 54.8 Å². The number of amides is 1. The maximum Gasteiger partial charge on any atom is 0.250 e. The summed E-state index contributed by atoms with van der Waals surface area (Å²) in [5.74, 6) is 0.0950. The van der Waals surface area contributed by atoms with Gasteiger partial charge in [-0.2, -0.15) is 5.10 Å². The molecule has 1 N–H and O–H groups in total. The predicted molar refractivity (Wildman–Crippen MR) is 121 cm³/mol. The molecule has 2 aromatic heterocycles. The Hall–Kier alpha value is -2.90. The zero-order valence-corrected chi connectivity index (χ0v) is 17.5. The van der Waals surface area contributed by atoms with Crippen LogP contribution in [0.25, 0.3) is 11.0 Å². The molecule has 146 valence electrons. The van der Waals surface area contributed by atoms with Crippen molar-refractivity contribution < 1.29 is 4.79 Å². The van der Waals surface area contributed by atoms with Crippen molar-refractivity contribution in [2.45, 2.75) is 18.6 Å². The van der Waals surface area contributed by atoms with Gasteiger partial charge in [-0.15, -0.1) is 11.3 Å². The Morgan fingerprint density at radius 1 is 1.17 bits per heavy atom. The van der Waals surface area contributed by atoms with Crippen LogP contribution in [0.4, 0.5) is 0 Å². The van der Waals surface area contributed by atoms with Crippen molar-refractivity contribution in [1.82, 2.24) is 15.0 Å². The number of fused-ring (bicyclic) bond motifs is 1. The molecular weight excluding hydrogens is 400 g/mol. The van der Waals surface area contributed by atoms with Crippen molar-refractivity contribution in [2.24, 2.45) is 5.10 Å². The number of thiophene rings is 1. The van der Waals surface area contributed by atoms with E-state index in [1.165, 1.54) is 17.3 Å². The maximum absolute atomic E-state index is 12.2. The van der Waals surface area contributed by atoms with Crippen LogP contribution in [0.5, 0.6) is 0 Å². The van der Waals surface area contributed by atoms with Crippen LogP contribution in [0.15, 0.2) is 76.3 Å². The van der Waals surface area contributed by atoms with Gasteiger partial charge in [0.15, 0.2) is 5.16 Å². The van der Waals surface area contributed by atoms with Gasteiger partial charge in [-0.3, -0.25) is 4.79 Å². The van der Waals surface area contributed by atoms with Gasteiger partial charge in [0.05, 0.1) is 29.5 Å². The number of carbonyl (C=O) groups excluding carboxylic acids is 1. The number of thioether (sulfide) groups is 1. The average molecular weight is 421 g/mol. The number of benzene rings is 2. The third kappa shape index (κ3) is 4.75. The van der Waals surface area contributed by atoms with Crippen molar-refractivity contribution in [3.8, 4) is 0 Å². The number of imidazole rings is 1. The van der Waals surface area contributed by atoms with Crippen LogP contribution in [-0.4, -0.2) is 27.4 Å². The van der Waals surface area contributed by atoms with E-state index in [0.717, 1.165) is 26.6 Å². The molecule has 0 spiro atoms. The summed E-state index contributed by atoms with van der Waals surface area (Å²) >= 11 is 3.02. The highest BCUT2D eigenvalue weighted by atomic mass is 32.2. The van der Waals surface area contributed by atoms with E-state index < -0.39 is 0 Å². The minimum Gasteiger partial charge on any atom is -0.314 e. The molecule has 0 radical (unpaired) electrons. The van der Waals surface area contributed by atoms with Gasteiger partial charge in [-0.05, 0) is 41.6 Å². The van der Waals surface area contributed by atoms with E-state index in [0.29, 0.717) is 6.54 Å². The average Bonchev–Trinajstić information content (AvgIpc) is 3.31. The van der Waals surface area contributed by atoms with E-state index >= 15 is 0 Å². The lowest BCUT2D eigenvalue weighted by Gasteiger charge is -2.09. The summed E-state index contributed by atoms with van der Waals surface area (Å²) in [6.07, 6.45) is 1.69. The summed E-state index contributed by atoms with van der Waals surface area (Å²) in [7, 11) is 0. The summed E-state index contributed by atoms with van der Waals surface area (Å²) in [6.45, 7) is 2.73. The fourth-order valence-electron chi connectivity index (χ4n) is 2.92. The number of hydrazone groups is 1. The summed E-state index contributed by atoms with van der Waals surface area (Å²) in [5.41, 5.74) is 6.93. The largest absolute Gasteiger partial charge is 0.314 e. The number of hydrogen-bond donors (Lipinski definition) is 1. The standard InChI is InChI=1S/C22H20N4OS2/c1-16-11-12-28-20(16)13-23-25-21(27)15-29-22-24-18-9-5-6-10-19(18)26(22)14-17-7-3-2-4-8-17/h2-13H,14-15H2,1H3,(H,25,27)/b23-13-. The molecule has 5 nitrogen and oxygen atoms in total. The number of aromatic nitrogens is 2. The monoisotopic (exact) mass is 420 g/mol. The van der Waals surface area contributed by atoms with E-state index in [1.54, 1.807) is 17.6 Å². The fraction of sp³-hybridized carbons (Fsp3) is 0.136. The van der Waals surface area contributed by atoms with Gasteiger partial charge in [0.25, 0.3) is 5.91 Å². The SMILES string of the molecule is Cc1ccsc1/C=N\NC(=O)CSc1nc2ccccc2n1Cc1ccccc1. The molecule has 29 heavy (non-hydrogen) atoms. The highest BCUT2D eigenvalue weighted by Crippen LogP contribution is 2.25. The smallest absolute Gasteiger partial charge is 0.250 e. The number of nitrogens with zero attached hydrogens (tertiary/aromatic N) is 3. The van der Waals surface area contributed by atoms with Crippen molar-refractivity contribution in [1.29, 1.82) is 0 Å². The normalized spacial score (nSPS) is 11.3. The lowest BCUT2D eigenvalue weighted by atomic mass is 10.2. The fourth-order valence-corrected chi connectivity index (χ4v) is 4.52. The van der Waals surface area contributed by atoms with Crippen LogP contribution in [0.2, 0.25) is 0 Å². The third-order valence-corrected chi connectivity index (χ3v) is 6.34. The van der Waals surface area contributed by atoms with Gasteiger partial charge in [0, 0.05) is 4.88 Å². The summed E-state index contributed by atoms with van der Waals surface area (Å²) in [4.78, 5) is 18.0. The summed E-state index contributed by atoms with van der Waals surface area (Å²) < 4.78 is 2.15. The van der Waals surface area contributed by atoms with Crippen molar-refractivity contribution >= 4 is 46.3 Å². The first-order valence-electron chi connectivity index (χ1n) is 9.19. The van der Waals surface area contributed by atoms with Gasteiger partial charge >= 0.3 is 0 Å². The van der Waals surface area contributed by atoms with Crippen molar-refractivity contribution in [3.05, 3.63) is 82.0 Å². The first kappa shape index (κ1) is 19.4. The predicted octanol–water partition coefficient (Wildman–Crippen LogP) is 4.70. The van der Waals surface area contributed by atoms with Crippen LogP contribution in [-0.2, 0) is 11.3 Å². The highest BCUT2D eigenvalue weighted by Gasteiger charge is 2.13. The molecule has 0 aliphatic carbocycles. The van der Waals surface area contributed by atoms with Crippen LogP contribution in [0.3, 0.4) is 0 Å². The minimum atomic E-state index is -0.154. The van der Waals surface area contributed by atoms with Gasteiger partial charge in [-0.1, -0.05) is 54.2 Å². The molecule has 7 heteroatoms. The molecule has 0 bridgehead atoms. The summed E-state index contributed by atoms with van der Waals surface area (Å²) in [6, 6.07) is 20.3. The Morgan fingerprint density at radius 3 is 2.76 bits per heavy atom. The van der Waals surface area contributed by atoms with Crippen LogP contribution in [0, 0.1) is 6.92 Å². The van der Waals surface area contributed by atoms with E-state index in [9.17, 15) is 4.79 Å². The first-order chi connectivity index (χ1) is 14.2. The molecule has 4 aromatic rings. The zero-order valence-electron chi connectivity index (χ0n) is 15.9. The molecular formula is C22H20N4OS2. The highest BCUT2D eigenvalue weighted by molar-refractivity contribution is 7.99. The third-order valence-electron chi connectivity index (χ3n) is 4.41. The quantitative estimate of drug-likeness (QED) is 0.268. The second-order valence-corrected chi connectivity index (χ2v) is 8.39. The van der Waals surface area contributed by atoms with Gasteiger partial charge in [-0.25, -0.2) is 10.4 Å². The number of hydrogen-bond acceptors (Lipinski definition) is 5. The van der Waals surface area contributed by atoms with Crippen molar-refractivity contribution in [3.63, 3.8) is 0 Å². The molecule has 0 unspecified atom stereocenters. The lowest BCUT2D eigenvalue weighted by Crippen LogP contribution is -2.20. The van der Waals surface area contributed by atoms with Crippen LogP contribution in [0.1, 0.15) is 16.0 Å². The van der Waals surface area contributed by atoms with E-state index in [2.05, 4.69) is 33.3 Å². The Kier molecular flexibility index (Phi) is 6.07. The van der Waals surface area contributed by atoms with Gasteiger partial charge in [0.2, 0.25) is 0 Å². The minimum absolute atomic E-state index is 0.154. The van der Waals surface area contributed by atoms with Crippen LogP contribution >= 0.6 is 23.1 Å². The Balaban J connectivity index is 1.46. The number of rotatable bonds is 7. The number of carbonyl (C=O) groups is 1. The van der Waals surface area contributed by atoms with Gasteiger partial charge < -0.3 is 4.57 Å². The van der Waals surface area contributed by atoms with Crippen molar-refractivity contribution in [2.75, 3.05) is 5.75 Å². The molecule has 4 rings (SSSR count). The van der Waals surface area contributed by atoms with Crippen LogP contribution < -0.4 is 5.43 Å². The van der Waals surface area contributed by atoms with E-state index in [-0.39, 0.29) is 11.7 Å². The first-order valence-corrected chi connectivity index (χ1v) is 11.1. The Morgan fingerprint density at radius 2 is 1.97 bits per heavy atom. The topological polar surface area (TPSA) is 59.3 Å². The van der Waals surface area contributed by atoms with Gasteiger partial charge in [0.1, 0.15) is 0 Å². The molecule has 0 saturated heterocycles. The second-order valence-electron chi connectivity index (χ2n) is 6.50. The number of nitrogens with one attached hydrogen (secondary N) is 1. The molecule has 0 fully saturated rings. The molecule has 0 saturated carbocycles. The molecule has 1 amide bonds. The summed E-state index contributed by atoms with van der Waals surface area (Å²) in [5, 5.41) is 6.89. The number of aryl methyl sites for hydroxylation is 1. The maximum atomic E-state index is 12.2. The Labute approximate surface area is 177 Å². The second kappa shape index (κ2) is 9.07. The molecule has 0 aliphatic rings. The Bertz CT molecular complexity index is 1150.